The van der Waals surface area contributed by atoms with E-state index in [1.807, 2.05) is 12.5 Å². The molecule has 100 valence electrons. The highest BCUT2D eigenvalue weighted by molar-refractivity contribution is 5.57. The Bertz CT molecular complexity index is 527. The van der Waals surface area contributed by atoms with Crippen LogP contribution in [0.15, 0.2) is 36.8 Å². The monoisotopic (exact) mass is 259 g/mol. The highest BCUT2D eigenvalue weighted by Gasteiger charge is 2.11. The molecule has 19 heavy (non-hydrogen) atoms. The van der Waals surface area contributed by atoms with Crippen LogP contribution in [0.4, 0.5) is 4.39 Å². The average molecular weight is 259 g/mol. The highest BCUT2D eigenvalue weighted by atomic mass is 19.1. The number of imidazole rings is 1. The molecule has 0 unspecified atom stereocenters. The molecule has 3 rings (SSSR count). The van der Waals surface area contributed by atoms with Gasteiger partial charge in [-0.3, -0.25) is 0 Å². The minimum atomic E-state index is -0.211. The van der Waals surface area contributed by atoms with Gasteiger partial charge in [-0.1, -0.05) is 0 Å². The topological polar surface area (TPSA) is 21.1 Å². The van der Waals surface area contributed by atoms with Gasteiger partial charge in [0.2, 0.25) is 0 Å². The summed E-state index contributed by atoms with van der Waals surface area (Å²) in [5, 5.41) is 0. The molecule has 4 heteroatoms. The molecule has 0 radical (unpaired) electrons. The standard InChI is InChI=1S/C15H18FN3/c16-14-5-3-13(4-6-14)15-11-19(12-17-15)10-9-18-7-1-2-8-18/h3-6,11-12H,1-2,7-10H2. The predicted octanol–water partition coefficient (Wildman–Crippen LogP) is 2.79. The fourth-order valence-corrected chi connectivity index (χ4v) is 2.52. The quantitative estimate of drug-likeness (QED) is 0.842. The molecule has 1 aromatic carbocycles. The van der Waals surface area contributed by atoms with Crippen molar-refractivity contribution < 1.29 is 4.39 Å². The van der Waals surface area contributed by atoms with Gasteiger partial charge in [0.15, 0.2) is 0 Å². The van der Waals surface area contributed by atoms with Gasteiger partial charge >= 0.3 is 0 Å². The van der Waals surface area contributed by atoms with Gasteiger partial charge in [0.1, 0.15) is 5.82 Å². The van der Waals surface area contributed by atoms with Crippen LogP contribution in [0.3, 0.4) is 0 Å². The fraction of sp³-hybridized carbons (Fsp3) is 0.400. The number of nitrogens with zero attached hydrogens (tertiary/aromatic N) is 3. The number of aromatic nitrogens is 2. The lowest BCUT2D eigenvalue weighted by Gasteiger charge is -2.14. The zero-order chi connectivity index (χ0) is 13.1. The molecule has 0 bridgehead atoms. The van der Waals surface area contributed by atoms with Crippen LogP contribution < -0.4 is 0 Å². The minimum Gasteiger partial charge on any atom is -0.336 e. The number of hydrogen-bond acceptors (Lipinski definition) is 2. The Kier molecular flexibility index (Phi) is 3.60. The maximum Gasteiger partial charge on any atom is 0.123 e. The van der Waals surface area contributed by atoms with Crippen LogP contribution in [0.1, 0.15) is 12.8 Å². The van der Waals surface area contributed by atoms with Crippen molar-refractivity contribution in [2.45, 2.75) is 19.4 Å². The molecule has 0 N–H and O–H groups in total. The Morgan fingerprint density at radius 3 is 2.53 bits per heavy atom. The van der Waals surface area contributed by atoms with E-state index < -0.39 is 0 Å². The molecule has 1 fully saturated rings. The van der Waals surface area contributed by atoms with Crippen LogP contribution in [0, 0.1) is 5.82 Å². The van der Waals surface area contributed by atoms with Crippen molar-refractivity contribution in [1.29, 1.82) is 0 Å². The Morgan fingerprint density at radius 1 is 1.05 bits per heavy atom. The van der Waals surface area contributed by atoms with Gasteiger partial charge in [-0.2, -0.15) is 0 Å². The summed E-state index contributed by atoms with van der Waals surface area (Å²) in [4.78, 5) is 6.87. The number of halogens is 1. The molecule has 1 aliphatic heterocycles. The van der Waals surface area contributed by atoms with E-state index >= 15 is 0 Å². The van der Waals surface area contributed by atoms with Gasteiger partial charge in [-0.15, -0.1) is 0 Å². The molecule has 0 saturated carbocycles. The lowest BCUT2D eigenvalue weighted by atomic mass is 10.2. The molecule has 1 aromatic heterocycles. The molecule has 2 aromatic rings. The summed E-state index contributed by atoms with van der Waals surface area (Å²) in [7, 11) is 0. The van der Waals surface area contributed by atoms with Crippen molar-refractivity contribution in [3.05, 3.63) is 42.6 Å². The molecular formula is C15H18FN3. The van der Waals surface area contributed by atoms with Crippen molar-refractivity contribution in [2.24, 2.45) is 0 Å². The van der Waals surface area contributed by atoms with Gasteiger partial charge in [-0.05, 0) is 50.2 Å². The normalized spacial score (nSPS) is 16.1. The van der Waals surface area contributed by atoms with Crippen LogP contribution in [0.2, 0.25) is 0 Å². The Hall–Kier alpha value is -1.68. The number of rotatable bonds is 4. The third-order valence-corrected chi connectivity index (χ3v) is 3.65. The van der Waals surface area contributed by atoms with Crippen molar-refractivity contribution >= 4 is 0 Å². The highest BCUT2D eigenvalue weighted by Crippen LogP contribution is 2.17. The fourth-order valence-electron chi connectivity index (χ4n) is 2.52. The van der Waals surface area contributed by atoms with Crippen LogP contribution in [-0.2, 0) is 6.54 Å². The molecule has 1 aliphatic rings. The second kappa shape index (κ2) is 5.53. The zero-order valence-electron chi connectivity index (χ0n) is 10.9. The first-order valence-corrected chi connectivity index (χ1v) is 6.81. The summed E-state index contributed by atoms with van der Waals surface area (Å²) >= 11 is 0. The number of likely N-dealkylation sites (tertiary alicyclic amines) is 1. The van der Waals surface area contributed by atoms with Gasteiger partial charge < -0.3 is 9.47 Å². The van der Waals surface area contributed by atoms with Crippen molar-refractivity contribution in [2.75, 3.05) is 19.6 Å². The van der Waals surface area contributed by atoms with Crippen molar-refractivity contribution in [1.82, 2.24) is 14.5 Å². The SMILES string of the molecule is Fc1ccc(-c2cn(CCN3CCCC3)cn2)cc1. The molecule has 3 nitrogen and oxygen atoms in total. The molecule has 2 heterocycles. The summed E-state index contributed by atoms with van der Waals surface area (Å²) in [6, 6.07) is 6.47. The first kappa shape index (κ1) is 12.4. The molecule has 0 aliphatic carbocycles. The van der Waals surface area contributed by atoms with Crippen molar-refractivity contribution in [3.63, 3.8) is 0 Å². The van der Waals surface area contributed by atoms with Gasteiger partial charge in [-0.25, -0.2) is 9.37 Å². The number of benzene rings is 1. The first-order valence-electron chi connectivity index (χ1n) is 6.81. The van der Waals surface area contributed by atoms with Crippen molar-refractivity contribution in [3.8, 4) is 11.3 Å². The van der Waals surface area contributed by atoms with E-state index in [1.54, 1.807) is 12.1 Å². The maximum atomic E-state index is 12.9. The summed E-state index contributed by atoms with van der Waals surface area (Å²) in [6.45, 7) is 4.49. The number of hydrogen-bond donors (Lipinski definition) is 0. The Balaban J connectivity index is 1.63. The van der Waals surface area contributed by atoms with E-state index in [9.17, 15) is 4.39 Å². The summed E-state index contributed by atoms with van der Waals surface area (Å²) < 4.78 is 15.0. The molecule has 0 atom stereocenters. The zero-order valence-corrected chi connectivity index (χ0v) is 10.9. The second-order valence-electron chi connectivity index (χ2n) is 5.05. The van der Waals surface area contributed by atoms with E-state index in [1.165, 1.54) is 38.1 Å². The Labute approximate surface area is 112 Å². The minimum absolute atomic E-state index is 0.211. The van der Waals surface area contributed by atoms with Crippen LogP contribution in [0.25, 0.3) is 11.3 Å². The van der Waals surface area contributed by atoms with Crippen LogP contribution >= 0.6 is 0 Å². The van der Waals surface area contributed by atoms with E-state index in [0.29, 0.717) is 0 Å². The largest absolute Gasteiger partial charge is 0.336 e. The summed E-state index contributed by atoms with van der Waals surface area (Å²) in [5.41, 5.74) is 1.86. The third kappa shape index (κ3) is 3.01. The van der Waals surface area contributed by atoms with Crippen LogP contribution in [-0.4, -0.2) is 34.1 Å². The van der Waals surface area contributed by atoms with E-state index in [2.05, 4.69) is 14.5 Å². The van der Waals surface area contributed by atoms with Gasteiger partial charge in [0, 0.05) is 24.8 Å². The van der Waals surface area contributed by atoms with Crippen LogP contribution in [0.5, 0.6) is 0 Å². The lowest BCUT2D eigenvalue weighted by Crippen LogP contribution is -2.23. The summed E-state index contributed by atoms with van der Waals surface area (Å²) in [5.74, 6) is -0.211. The predicted molar refractivity (Wildman–Crippen MR) is 73.3 cm³/mol. The van der Waals surface area contributed by atoms with E-state index in [0.717, 1.165) is 24.3 Å². The first-order chi connectivity index (χ1) is 9.31. The van der Waals surface area contributed by atoms with E-state index in [-0.39, 0.29) is 5.82 Å². The molecule has 0 spiro atoms. The lowest BCUT2D eigenvalue weighted by molar-refractivity contribution is 0.322. The smallest absolute Gasteiger partial charge is 0.123 e. The van der Waals surface area contributed by atoms with Gasteiger partial charge in [0.05, 0.1) is 12.0 Å². The molecular weight excluding hydrogens is 241 g/mol. The summed E-state index contributed by atoms with van der Waals surface area (Å²) in [6.07, 6.45) is 6.54. The van der Waals surface area contributed by atoms with Gasteiger partial charge in [0.25, 0.3) is 0 Å². The maximum absolute atomic E-state index is 12.9. The average Bonchev–Trinajstić information content (AvgIpc) is 3.09. The Morgan fingerprint density at radius 2 is 1.79 bits per heavy atom. The second-order valence-corrected chi connectivity index (χ2v) is 5.05. The van der Waals surface area contributed by atoms with E-state index in [4.69, 9.17) is 0 Å². The molecule has 0 amide bonds. The molecule has 1 saturated heterocycles. The third-order valence-electron chi connectivity index (χ3n) is 3.65.